The van der Waals surface area contributed by atoms with E-state index < -0.39 is 29.0 Å². The van der Waals surface area contributed by atoms with E-state index in [0.717, 1.165) is 4.57 Å². The second-order valence-corrected chi connectivity index (χ2v) is 8.60. The summed E-state index contributed by atoms with van der Waals surface area (Å²) in [7, 11) is 4.33. The normalized spacial score (nSPS) is 18.5. The van der Waals surface area contributed by atoms with Gasteiger partial charge in [0.2, 0.25) is 0 Å². The molecule has 2 amide bonds. The summed E-state index contributed by atoms with van der Waals surface area (Å²) in [5, 5.41) is 2.35. The number of urea groups is 1. The molecule has 0 radical (unpaired) electrons. The summed E-state index contributed by atoms with van der Waals surface area (Å²) in [6.45, 7) is 2.59. The largest absolute Gasteiger partial charge is 0.493 e. The van der Waals surface area contributed by atoms with Gasteiger partial charge in [0, 0.05) is 45.1 Å². The highest BCUT2D eigenvalue weighted by Gasteiger charge is 2.34. The number of ether oxygens (including phenoxy) is 1. The highest BCUT2D eigenvalue weighted by molar-refractivity contribution is 5.89. The van der Waals surface area contributed by atoms with Crippen LogP contribution in [0.25, 0.3) is 11.2 Å². The highest BCUT2D eigenvalue weighted by Crippen LogP contribution is 2.31. The molecule has 2 N–H and O–H groups in total. The summed E-state index contributed by atoms with van der Waals surface area (Å²) in [6, 6.07) is -0.175. The van der Waals surface area contributed by atoms with Gasteiger partial charge in [-0.25, -0.2) is 14.8 Å². The lowest BCUT2D eigenvalue weighted by molar-refractivity contribution is -0.138. The van der Waals surface area contributed by atoms with Crippen molar-refractivity contribution in [2.45, 2.75) is 38.0 Å². The zero-order valence-corrected chi connectivity index (χ0v) is 19.7. The second kappa shape index (κ2) is 9.12. The molecule has 1 saturated heterocycles. The number of rotatable bonds is 4. The molecule has 3 aromatic rings. The maximum atomic E-state index is 13.1. The van der Waals surface area contributed by atoms with Gasteiger partial charge in [-0.15, -0.1) is 0 Å². The third kappa shape index (κ3) is 4.75. The molecule has 1 fully saturated rings. The number of aryl methyl sites for hydroxylation is 1. The summed E-state index contributed by atoms with van der Waals surface area (Å²) in [5.41, 5.74) is -0.925. The maximum absolute atomic E-state index is 13.1. The topological polar surface area (TPSA) is 108 Å². The fourth-order valence-electron chi connectivity index (χ4n) is 4.32. The lowest BCUT2D eigenvalue weighted by Gasteiger charge is -2.41. The minimum atomic E-state index is -4.64. The Hall–Kier alpha value is -3.77. The smallest absolute Gasteiger partial charge is 0.417 e. The van der Waals surface area contributed by atoms with Gasteiger partial charge in [-0.2, -0.15) is 13.2 Å². The lowest BCUT2D eigenvalue weighted by Crippen LogP contribution is -2.51. The van der Waals surface area contributed by atoms with Crippen molar-refractivity contribution in [3.8, 4) is 5.75 Å². The van der Waals surface area contributed by atoms with Gasteiger partial charge < -0.3 is 29.4 Å². The Kier molecular flexibility index (Phi) is 6.34. The van der Waals surface area contributed by atoms with Gasteiger partial charge in [0.05, 0.1) is 18.9 Å². The van der Waals surface area contributed by atoms with E-state index in [2.05, 4.69) is 25.2 Å². The molecule has 0 aliphatic carbocycles. The third-order valence-electron chi connectivity index (χ3n) is 6.32. The number of alkyl halides is 3. The first-order valence-corrected chi connectivity index (χ1v) is 11.0. The van der Waals surface area contributed by atoms with E-state index in [9.17, 15) is 22.8 Å². The van der Waals surface area contributed by atoms with Crippen molar-refractivity contribution in [3.63, 3.8) is 0 Å². The molecule has 0 aromatic carbocycles. The number of piperidine rings is 1. The Balaban J connectivity index is 1.46. The standard InChI is InChI=1S/C22H26F3N7O3/c1-12-7-14(5-6-32(12)17-10-27-19-18(29-17)16(35-4)9-26-19)31(3)21(34)28-15-8-13(22(23,24)25)11-30(2)20(15)33/h8-12,14H,5-7H2,1-4H3,(H,26,27)(H,28,34)/t12-,14-/m0/s1. The van der Waals surface area contributed by atoms with Crippen LogP contribution in [0.2, 0.25) is 0 Å². The summed E-state index contributed by atoms with van der Waals surface area (Å²) in [5.74, 6) is 1.27. The quantitative estimate of drug-likeness (QED) is 0.578. The lowest BCUT2D eigenvalue weighted by atomic mass is 9.97. The van der Waals surface area contributed by atoms with Crippen molar-refractivity contribution in [3.05, 3.63) is 40.6 Å². The van der Waals surface area contributed by atoms with Gasteiger partial charge in [-0.3, -0.25) is 4.79 Å². The molecular weight excluding hydrogens is 467 g/mol. The molecule has 10 nitrogen and oxygen atoms in total. The van der Waals surface area contributed by atoms with Crippen molar-refractivity contribution in [1.29, 1.82) is 0 Å². The molecule has 13 heteroatoms. The molecule has 1 aliphatic heterocycles. The summed E-state index contributed by atoms with van der Waals surface area (Å²) < 4.78 is 45.5. The SMILES string of the molecule is COc1c[nH]c2ncc(N3CC[C@H](N(C)C(=O)Nc4cc(C(F)(F)F)cn(C)c4=O)C[C@@H]3C)nc12. The van der Waals surface area contributed by atoms with E-state index in [1.807, 2.05) is 6.92 Å². The molecule has 0 bridgehead atoms. The van der Waals surface area contributed by atoms with E-state index >= 15 is 0 Å². The summed E-state index contributed by atoms with van der Waals surface area (Å²) in [4.78, 5) is 40.7. The van der Waals surface area contributed by atoms with Gasteiger partial charge in [-0.05, 0) is 25.8 Å². The Morgan fingerprint density at radius 3 is 2.77 bits per heavy atom. The molecule has 3 aromatic heterocycles. The van der Waals surface area contributed by atoms with Gasteiger partial charge >= 0.3 is 12.2 Å². The third-order valence-corrected chi connectivity index (χ3v) is 6.32. The van der Waals surface area contributed by atoms with E-state index in [1.165, 1.54) is 11.9 Å². The number of fused-ring (bicyclic) bond motifs is 1. The molecule has 188 valence electrons. The average molecular weight is 493 g/mol. The minimum Gasteiger partial charge on any atom is -0.493 e. The number of nitrogens with zero attached hydrogens (tertiary/aromatic N) is 5. The monoisotopic (exact) mass is 493 g/mol. The first-order chi connectivity index (χ1) is 16.5. The number of anilines is 2. The first-order valence-electron chi connectivity index (χ1n) is 11.0. The first kappa shape index (κ1) is 24.4. The zero-order valence-electron chi connectivity index (χ0n) is 19.7. The number of hydrogen-bond donors (Lipinski definition) is 2. The predicted molar refractivity (Wildman–Crippen MR) is 124 cm³/mol. The molecule has 0 unspecified atom stereocenters. The van der Waals surface area contributed by atoms with Gasteiger partial charge in [0.15, 0.2) is 16.9 Å². The molecule has 4 heterocycles. The fourth-order valence-corrected chi connectivity index (χ4v) is 4.32. The van der Waals surface area contributed by atoms with Crippen LogP contribution in [0.4, 0.5) is 29.5 Å². The molecular formula is C22H26F3N7O3. The highest BCUT2D eigenvalue weighted by atomic mass is 19.4. The van der Waals surface area contributed by atoms with Crippen LogP contribution in [-0.2, 0) is 13.2 Å². The molecule has 4 rings (SSSR count). The van der Waals surface area contributed by atoms with Crippen LogP contribution >= 0.6 is 0 Å². The Bertz CT molecular complexity index is 1300. The number of amides is 2. The van der Waals surface area contributed by atoms with E-state index in [4.69, 9.17) is 4.74 Å². The van der Waals surface area contributed by atoms with Gasteiger partial charge in [0.25, 0.3) is 5.56 Å². The van der Waals surface area contributed by atoms with E-state index in [0.29, 0.717) is 54.4 Å². The average Bonchev–Trinajstić information content (AvgIpc) is 3.22. The number of aromatic nitrogens is 4. The van der Waals surface area contributed by atoms with Crippen LogP contribution in [0.1, 0.15) is 25.3 Å². The Morgan fingerprint density at radius 1 is 1.37 bits per heavy atom. The van der Waals surface area contributed by atoms with Crippen LogP contribution in [0, 0.1) is 0 Å². The number of halogens is 3. The number of nitrogens with one attached hydrogen (secondary N) is 2. The molecule has 2 atom stereocenters. The molecule has 1 aliphatic rings. The number of pyridine rings is 1. The van der Waals surface area contributed by atoms with Crippen molar-refractivity contribution in [2.75, 3.05) is 30.9 Å². The van der Waals surface area contributed by atoms with Crippen LogP contribution < -0.4 is 20.5 Å². The van der Waals surface area contributed by atoms with E-state index in [1.54, 1.807) is 26.6 Å². The Labute approximate surface area is 198 Å². The number of methoxy groups -OCH3 is 1. The van der Waals surface area contributed by atoms with Gasteiger partial charge in [0.1, 0.15) is 11.5 Å². The number of carbonyl (C=O) groups is 1. The van der Waals surface area contributed by atoms with Crippen molar-refractivity contribution in [2.24, 2.45) is 7.05 Å². The van der Waals surface area contributed by atoms with Crippen LogP contribution in [0.5, 0.6) is 5.75 Å². The fraction of sp³-hybridized carbons (Fsp3) is 0.455. The second-order valence-electron chi connectivity index (χ2n) is 8.60. The zero-order chi connectivity index (χ0) is 25.5. The number of aromatic amines is 1. The van der Waals surface area contributed by atoms with Crippen molar-refractivity contribution >= 4 is 28.7 Å². The van der Waals surface area contributed by atoms with Crippen LogP contribution in [-0.4, -0.2) is 63.2 Å². The van der Waals surface area contributed by atoms with Crippen molar-refractivity contribution < 1.29 is 22.7 Å². The van der Waals surface area contributed by atoms with Crippen LogP contribution in [0.3, 0.4) is 0 Å². The number of hydrogen-bond acceptors (Lipinski definition) is 6. The molecule has 35 heavy (non-hydrogen) atoms. The maximum Gasteiger partial charge on any atom is 0.417 e. The van der Waals surface area contributed by atoms with E-state index in [-0.39, 0.29) is 12.1 Å². The number of H-pyrrole nitrogens is 1. The Morgan fingerprint density at radius 2 is 2.11 bits per heavy atom. The van der Waals surface area contributed by atoms with Crippen molar-refractivity contribution in [1.82, 2.24) is 24.4 Å². The minimum absolute atomic E-state index is 0.00196. The predicted octanol–water partition coefficient (Wildman–Crippen LogP) is 3.21. The summed E-state index contributed by atoms with van der Waals surface area (Å²) >= 11 is 0. The molecule has 0 saturated carbocycles. The van der Waals surface area contributed by atoms with Gasteiger partial charge in [-0.1, -0.05) is 0 Å². The van der Waals surface area contributed by atoms with Crippen LogP contribution in [0.15, 0.2) is 29.5 Å². The summed E-state index contributed by atoms with van der Waals surface area (Å²) in [6.07, 6.45) is 0.607. The molecule has 0 spiro atoms. The number of carbonyl (C=O) groups excluding carboxylic acids is 1.